The molecule has 2 atom stereocenters. The minimum atomic E-state index is -0.223. The number of carbonyl (C=O) groups is 2. The quantitative estimate of drug-likeness (QED) is 0.902. The van der Waals surface area contributed by atoms with Crippen molar-refractivity contribution < 1.29 is 14.0 Å². The van der Waals surface area contributed by atoms with E-state index in [4.69, 9.17) is 4.42 Å². The van der Waals surface area contributed by atoms with E-state index in [1.54, 1.807) is 0 Å². The molecule has 0 bridgehead atoms. The van der Waals surface area contributed by atoms with Crippen molar-refractivity contribution in [2.45, 2.75) is 45.4 Å². The lowest BCUT2D eigenvalue weighted by Gasteiger charge is -2.32. The van der Waals surface area contributed by atoms with Crippen molar-refractivity contribution in [3.63, 3.8) is 0 Å². The zero-order chi connectivity index (χ0) is 18.1. The van der Waals surface area contributed by atoms with Gasteiger partial charge < -0.3 is 14.6 Å². The summed E-state index contributed by atoms with van der Waals surface area (Å²) in [6, 6.07) is 7.64. The Balaban J connectivity index is 1.49. The third kappa shape index (κ3) is 3.35. The number of amides is 2. The van der Waals surface area contributed by atoms with E-state index in [2.05, 4.69) is 5.32 Å². The van der Waals surface area contributed by atoms with E-state index in [0.29, 0.717) is 0 Å². The highest BCUT2D eigenvalue weighted by atomic mass is 16.3. The lowest BCUT2D eigenvalue weighted by molar-refractivity contribution is -0.141. The normalized spacial score (nSPS) is 23.3. The molecule has 0 unspecified atom stereocenters. The van der Waals surface area contributed by atoms with E-state index in [0.717, 1.165) is 74.0 Å². The Kier molecular flexibility index (Phi) is 4.70. The smallest absolute Gasteiger partial charge is 0.228 e. The highest BCUT2D eigenvalue weighted by Crippen LogP contribution is 2.33. The third-order valence-electron chi connectivity index (χ3n) is 5.74. The Morgan fingerprint density at radius 3 is 2.54 bits per heavy atom. The van der Waals surface area contributed by atoms with Gasteiger partial charge in [0.2, 0.25) is 11.8 Å². The monoisotopic (exact) mass is 354 g/mol. The second kappa shape index (κ2) is 7.14. The lowest BCUT2D eigenvalue weighted by Crippen LogP contribution is -2.42. The number of benzene rings is 1. The number of hydrogen-bond acceptors (Lipinski definition) is 3. The number of likely N-dealkylation sites (tertiary alicyclic amines) is 1. The minimum Gasteiger partial charge on any atom is -0.461 e. The summed E-state index contributed by atoms with van der Waals surface area (Å²) in [5, 5.41) is 4.02. The fraction of sp³-hybridized carbons (Fsp3) is 0.524. The molecule has 2 amide bonds. The molecule has 26 heavy (non-hydrogen) atoms. The van der Waals surface area contributed by atoms with Gasteiger partial charge in [0.05, 0.1) is 0 Å². The molecule has 1 saturated carbocycles. The van der Waals surface area contributed by atoms with Gasteiger partial charge in [0.25, 0.3) is 0 Å². The summed E-state index contributed by atoms with van der Waals surface area (Å²) in [6.07, 6.45) is 5.84. The van der Waals surface area contributed by atoms with Gasteiger partial charge in [-0.25, -0.2) is 0 Å². The lowest BCUT2D eigenvalue weighted by atomic mass is 9.77. The van der Waals surface area contributed by atoms with Crippen LogP contribution in [0.3, 0.4) is 0 Å². The summed E-state index contributed by atoms with van der Waals surface area (Å²) in [4.78, 5) is 27.8. The number of fused-ring (bicyclic) bond motifs is 1. The molecule has 0 spiro atoms. The molecular formula is C21H26N2O3. The van der Waals surface area contributed by atoms with E-state index < -0.39 is 0 Å². The highest BCUT2D eigenvalue weighted by molar-refractivity contribution is 5.97. The predicted octanol–water partition coefficient (Wildman–Crippen LogP) is 4.11. The average molecular weight is 354 g/mol. The summed E-state index contributed by atoms with van der Waals surface area (Å²) < 4.78 is 5.59. The number of anilines is 1. The molecule has 1 saturated heterocycles. The van der Waals surface area contributed by atoms with Gasteiger partial charge in [0.1, 0.15) is 11.3 Å². The molecule has 2 heterocycles. The Labute approximate surface area is 153 Å². The van der Waals surface area contributed by atoms with E-state index >= 15 is 0 Å². The summed E-state index contributed by atoms with van der Waals surface area (Å²) in [5.41, 5.74) is 1.58. The molecule has 1 aliphatic heterocycles. The minimum absolute atomic E-state index is 0.0261. The molecule has 0 radical (unpaired) electrons. The molecule has 2 aliphatic rings. The van der Waals surface area contributed by atoms with Crippen LogP contribution < -0.4 is 5.32 Å². The van der Waals surface area contributed by atoms with E-state index in [1.165, 1.54) is 0 Å². The van der Waals surface area contributed by atoms with Crippen LogP contribution in [0.2, 0.25) is 0 Å². The molecule has 1 aromatic heterocycles. The maximum Gasteiger partial charge on any atom is 0.228 e. The van der Waals surface area contributed by atoms with Crippen LogP contribution in [0.15, 0.2) is 28.7 Å². The van der Waals surface area contributed by atoms with Crippen LogP contribution in [0.5, 0.6) is 0 Å². The Bertz CT molecular complexity index is 820. The maximum absolute atomic E-state index is 12.9. The van der Waals surface area contributed by atoms with Crippen LogP contribution in [0.4, 0.5) is 5.69 Å². The molecule has 138 valence electrons. The first kappa shape index (κ1) is 17.1. The number of rotatable bonds is 3. The van der Waals surface area contributed by atoms with Crippen molar-refractivity contribution in [2.75, 3.05) is 18.4 Å². The molecule has 2 aromatic rings. The number of carbonyl (C=O) groups excluding carboxylic acids is 2. The zero-order valence-corrected chi connectivity index (χ0v) is 15.3. The molecule has 1 aliphatic carbocycles. The van der Waals surface area contributed by atoms with E-state index in [9.17, 15) is 9.59 Å². The molecular weight excluding hydrogens is 328 g/mol. The first-order valence-corrected chi connectivity index (χ1v) is 9.72. The molecule has 2 fully saturated rings. The van der Waals surface area contributed by atoms with Gasteiger partial charge in [-0.05, 0) is 56.9 Å². The largest absolute Gasteiger partial charge is 0.461 e. The van der Waals surface area contributed by atoms with Crippen LogP contribution in [0.1, 0.15) is 44.3 Å². The van der Waals surface area contributed by atoms with Crippen LogP contribution in [-0.4, -0.2) is 29.8 Å². The van der Waals surface area contributed by atoms with Gasteiger partial charge >= 0.3 is 0 Å². The Hall–Kier alpha value is -2.30. The average Bonchev–Trinajstić information content (AvgIpc) is 3.29. The Morgan fingerprint density at radius 2 is 1.77 bits per heavy atom. The van der Waals surface area contributed by atoms with Crippen molar-refractivity contribution in [3.05, 3.63) is 30.0 Å². The van der Waals surface area contributed by atoms with Gasteiger partial charge in [-0.2, -0.15) is 0 Å². The standard InChI is InChI=1S/C21H26N2O3/c1-14-12-15-13-16(8-9-19(15)26-14)22-20(24)17-6-2-3-7-18(17)21(25)23-10-4-5-11-23/h8-9,12-13,17-18H,2-7,10-11H2,1H3,(H,22,24)/t17-,18+/m0/s1. The first-order chi connectivity index (χ1) is 12.6. The SMILES string of the molecule is Cc1cc2cc(NC(=O)[C@H]3CCCC[C@H]3C(=O)N3CCCC3)ccc2o1. The number of nitrogens with one attached hydrogen (secondary N) is 1. The highest BCUT2D eigenvalue weighted by Gasteiger charge is 2.38. The van der Waals surface area contributed by atoms with Crippen molar-refractivity contribution in [3.8, 4) is 0 Å². The number of furan rings is 1. The van der Waals surface area contributed by atoms with Crippen molar-refractivity contribution in [1.82, 2.24) is 4.90 Å². The third-order valence-corrected chi connectivity index (χ3v) is 5.74. The summed E-state index contributed by atoms with van der Waals surface area (Å²) in [6.45, 7) is 3.61. The van der Waals surface area contributed by atoms with Gasteiger partial charge in [0.15, 0.2) is 0 Å². The fourth-order valence-corrected chi connectivity index (χ4v) is 4.40. The molecule has 5 nitrogen and oxygen atoms in total. The van der Waals surface area contributed by atoms with Crippen molar-refractivity contribution >= 4 is 28.5 Å². The van der Waals surface area contributed by atoms with E-state index in [-0.39, 0.29) is 23.7 Å². The number of hydrogen-bond donors (Lipinski definition) is 1. The predicted molar refractivity (Wildman–Crippen MR) is 101 cm³/mol. The number of aryl methyl sites for hydroxylation is 1. The van der Waals surface area contributed by atoms with Crippen molar-refractivity contribution in [2.24, 2.45) is 11.8 Å². The first-order valence-electron chi connectivity index (χ1n) is 9.72. The van der Waals surface area contributed by atoms with Crippen LogP contribution in [0, 0.1) is 18.8 Å². The summed E-state index contributed by atoms with van der Waals surface area (Å²) in [7, 11) is 0. The summed E-state index contributed by atoms with van der Waals surface area (Å²) in [5.74, 6) is 0.623. The fourth-order valence-electron chi connectivity index (χ4n) is 4.40. The Morgan fingerprint density at radius 1 is 1.04 bits per heavy atom. The van der Waals surface area contributed by atoms with Gasteiger partial charge in [-0.3, -0.25) is 9.59 Å². The van der Waals surface area contributed by atoms with Crippen LogP contribution in [-0.2, 0) is 9.59 Å². The second-order valence-corrected chi connectivity index (χ2v) is 7.63. The molecule has 1 N–H and O–H groups in total. The van der Waals surface area contributed by atoms with Gasteiger partial charge in [-0.15, -0.1) is 0 Å². The second-order valence-electron chi connectivity index (χ2n) is 7.63. The van der Waals surface area contributed by atoms with Gasteiger partial charge in [0, 0.05) is 36.0 Å². The topological polar surface area (TPSA) is 62.6 Å². The van der Waals surface area contributed by atoms with E-state index in [1.807, 2.05) is 36.1 Å². The van der Waals surface area contributed by atoms with Crippen LogP contribution in [0.25, 0.3) is 11.0 Å². The zero-order valence-electron chi connectivity index (χ0n) is 15.3. The molecule has 4 rings (SSSR count). The van der Waals surface area contributed by atoms with Crippen molar-refractivity contribution in [1.29, 1.82) is 0 Å². The molecule has 5 heteroatoms. The van der Waals surface area contributed by atoms with Gasteiger partial charge in [-0.1, -0.05) is 12.8 Å². The van der Waals surface area contributed by atoms with Crippen LogP contribution >= 0.6 is 0 Å². The summed E-state index contributed by atoms with van der Waals surface area (Å²) >= 11 is 0. The molecule has 1 aromatic carbocycles. The maximum atomic E-state index is 12.9. The number of nitrogens with zero attached hydrogens (tertiary/aromatic N) is 1.